The standard InChI is InChI=1S/C24H18ClIN2O2/c1-16-20(24(29)28(27-16)19-8-3-2-4-9-19)13-17-11-12-23(22(26)14-17)30-15-18-7-5-6-10-21(18)25/h2-14H,15H2,1H3/b20-13+. The second-order valence-corrected chi connectivity index (χ2v) is 8.34. The summed E-state index contributed by atoms with van der Waals surface area (Å²) in [5.74, 6) is 0.638. The molecule has 0 bridgehead atoms. The molecular formula is C24H18ClIN2O2. The largest absolute Gasteiger partial charge is 0.488 e. The zero-order valence-corrected chi connectivity index (χ0v) is 19.1. The fourth-order valence-electron chi connectivity index (χ4n) is 3.09. The van der Waals surface area contributed by atoms with Crippen molar-refractivity contribution in [2.75, 3.05) is 5.01 Å². The van der Waals surface area contributed by atoms with E-state index in [2.05, 4.69) is 27.7 Å². The molecule has 1 heterocycles. The van der Waals surface area contributed by atoms with E-state index in [1.165, 1.54) is 5.01 Å². The maximum Gasteiger partial charge on any atom is 0.280 e. The number of ether oxygens (including phenoxy) is 1. The molecular weight excluding hydrogens is 511 g/mol. The van der Waals surface area contributed by atoms with Gasteiger partial charge < -0.3 is 4.74 Å². The second kappa shape index (κ2) is 9.02. The van der Waals surface area contributed by atoms with Gasteiger partial charge in [0.1, 0.15) is 12.4 Å². The van der Waals surface area contributed by atoms with E-state index in [-0.39, 0.29) is 5.91 Å². The van der Waals surface area contributed by atoms with Gasteiger partial charge in [-0.3, -0.25) is 4.79 Å². The first kappa shape index (κ1) is 20.6. The quantitative estimate of drug-likeness (QED) is 0.287. The summed E-state index contributed by atoms with van der Waals surface area (Å²) in [4.78, 5) is 12.9. The lowest BCUT2D eigenvalue weighted by molar-refractivity contribution is -0.114. The number of carbonyl (C=O) groups excluding carboxylic acids is 1. The highest BCUT2D eigenvalue weighted by molar-refractivity contribution is 14.1. The lowest BCUT2D eigenvalue weighted by Gasteiger charge is -2.11. The third-order valence-corrected chi connectivity index (χ3v) is 5.88. The van der Waals surface area contributed by atoms with Gasteiger partial charge in [0, 0.05) is 10.6 Å². The monoisotopic (exact) mass is 528 g/mol. The molecule has 3 aromatic rings. The number of carbonyl (C=O) groups is 1. The highest BCUT2D eigenvalue weighted by Gasteiger charge is 2.28. The van der Waals surface area contributed by atoms with Crippen LogP contribution in [-0.2, 0) is 11.4 Å². The third-order valence-electron chi connectivity index (χ3n) is 4.67. The Morgan fingerprint density at radius 1 is 1.07 bits per heavy atom. The molecule has 3 aromatic carbocycles. The lowest BCUT2D eigenvalue weighted by Crippen LogP contribution is -2.21. The van der Waals surface area contributed by atoms with E-state index in [9.17, 15) is 4.79 Å². The summed E-state index contributed by atoms with van der Waals surface area (Å²) in [6, 6.07) is 22.9. The number of hydrogen-bond acceptors (Lipinski definition) is 3. The summed E-state index contributed by atoms with van der Waals surface area (Å²) in [7, 11) is 0. The smallest absolute Gasteiger partial charge is 0.280 e. The van der Waals surface area contributed by atoms with Gasteiger partial charge in [-0.2, -0.15) is 10.1 Å². The van der Waals surface area contributed by atoms with Crippen molar-refractivity contribution in [2.45, 2.75) is 13.5 Å². The predicted molar refractivity (Wildman–Crippen MR) is 130 cm³/mol. The van der Waals surface area contributed by atoms with E-state index in [4.69, 9.17) is 16.3 Å². The molecule has 0 aliphatic carbocycles. The van der Waals surface area contributed by atoms with Gasteiger partial charge in [-0.25, -0.2) is 0 Å². The molecule has 4 rings (SSSR count). The molecule has 0 unspecified atom stereocenters. The van der Waals surface area contributed by atoms with E-state index in [1.807, 2.05) is 85.8 Å². The Hall–Kier alpha value is -2.64. The Morgan fingerprint density at radius 2 is 1.80 bits per heavy atom. The first-order valence-electron chi connectivity index (χ1n) is 9.35. The number of rotatable bonds is 5. The Kier molecular flexibility index (Phi) is 6.20. The van der Waals surface area contributed by atoms with Crippen molar-refractivity contribution >= 4 is 57.6 Å². The minimum absolute atomic E-state index is 0.132. The molecule has 0 aromatic heterocycles. The Morgan fingerprint density at radius 3 is 2.53 bits per heavy atom. The number of nitrogens with zero attached hydrogens (tertiary/aromatic N) is 2. The lowest BCUT2D eigenvalue weighted by atomic mass is 10.1. The maximum atomic E-state index is 12.9. The number of hydrogen-bond donors (Lipinski definition) is 0. The zero-order valence-electron chi connectivity index (χ0n) is 16.2. The van der Waals surface area contributed by atoms with Crippen molar-refractivity contribution < 1.29 is 9.53 Å². The van der Waals surface area contributed by atoms with Crippen LogP contribution in [-0.4, -0.2) is 11.6 Å². The minimum atomic E-state index is -0.132. The fraction of sp³-hybridized carbons (Fsp3) is 0.0833. The summed E-state index contributed by atoms with van der Waals surface area (Å²) in [5.41, 5.74) is 3.88. The molecule has 0 spiro atoms. The molecule has 1 aliphatic heterocycles. The molecule has 1 aliphatic rings. The Balaban J connectivity index is 1.52. The molecule has 0 saturated heterocycles. The van der Waals surface area contributed by atoms with E-state index in [0.29, 0.717) is 22.9 Å². The number of para-hydroxylation sites is 1. The van der Waals surface area contributed by atoms with Gasteiger partial charge in [0.2, 0.25) is 0 Å². The molecule has 0 N–H and O–H groups in total. The van der Waals surface area contributed by atoms with E-state index < -0.39 is 0 Å². The van der Waals surface area contributed by atoms with Crippen LogP contribution in [0.2, 0.25) is 5.02 Å². The fourth-order valence-corrected chi connectivity index (χ4v) is 3.98. The zero-order chi connectivity index (χ0) is 21.1. The predicted octanol–water partition coefficient (Wildman–Crippen LogP) is 6.33. The first-order valence-corrected chi connectivity index (χ1v) is 10.8. The number of halogens is 2. The normalized spacial score (nSPS) is 14.9. The van der Waals surface area contributed by atoms with Crippen LogP contribution in [0.1, 0.15) is 18.1 Å². The van der Waals surface area contributed by atoms with Crippen molar-refractivity contribution in [1.82, 2.24) is 0 Å². The van der Waals surface area contributed by atoms with Crippen LogP contribution in [0.3, 0.4) is 0 Å². The number of anilines is 1. The van der Waals surface area contributed by atoms with Gasteiger partial charge in [-0.15, -0.1) is 0 Å². The van der Waals surface area contributed by atoms with Crippen molar-refractivity contribution in [3.63, 3.8) is 0 Å². The average molecular weight is 529 g/mol. The maximum absolute atomic E-state index is 12.9. The van der Waals surface area contributed by atoms with Crippen LogP contribution in [0, 0.1) is 3.57 Å². The van der Waals surface area contributed by atoms with E-state index in [0.717, 1.165) is 26.1 Å². The average Bonchev–Trinajstić information content (AvgIpc) is 3.03. The molecule has 0 radical (unpaired) electrons. The SMILES string of the molecule is CC1=NN(c2ccccc2)C(=O)/C1=C/c1ccc(OCc2ccccc2Cl)c(I)c1. The van der Waals surface area contributed by atoms with Crippen molar-refractivity contribution in [2.24, 2.45) is 5.10 Å². The second-order valence-electron chi connectivity index (χ2n) is 6.77. The summed E-state index contributed by atoms with van der Waals surface area (Å²) in [6.45, 7) is 2.24. The molecule has 30 heavy (non-hydrogen) atoms. The molecule has 0 atom stereocenters. The first-order chi connectivity index (χ1) is 14.5. The van der Waals surface area contributed by atoms with Gasteiger partial charge >= 0.3 is 0 Å². The van der Waals surface area contributed by atoms with E-state index >= 15 is 0 Å². The number of hydrazone groups is 1. The Bertz CT molecular complexity index is 1160. The molecule has 6 heteroatoms. The molecule has 4 nitrogen and oxygen atoms in total. The van der Waals surface area contributed by atoms with E-state index in [1.54, 1.807) is 0 Å². The summed E-state index contributed by atoms with van der Waals surface area (Å²) in [5, 5.41) is 6.55. The van der Waals surface area contributed by atoms with Crippen LogP contribution in [0.5, 0.6) is 5.75 Å². The van der Waals surface area contributed by atoms with Gasteiger partial charge in [0.25, 0.3) is 5.91 Å². The highest BCUT2D eigenvalue weighted by atomic mass is 127. The molecule has 0 saturated carbocycles. The number of amides is 1. The van der Waals surface area contributed by atoms with Crippen molar-refractivity contribution in [3.8, 4) is 5.75 Å². The molecule has 0 fully saturated rings. The van der Waals surface area contributed by atoms with Gasteiger partial charge in [-0.1, -0.05) is 54.1 Å². The van der Waals surface area contributed by atoms with Crippen LogP contribution >= 0.6 is 34.2 Å². The van der Waals surface area contributed by atoms with Crippen molar-refractivity contribution in [3.05, 3.63) is 98.1 Å². The summed E-state index contributed by atoms with van der Waals surface area (Å²) in [6.07, 6.45) is 1.87. The third kappa shape index (κ3) is 4.42. The van der Waals surface area contributed by atoms with Gasteiger partial charge in [0.15, 0.2) is 0 Å². The van der Waals surface area contributed by atoms with Crippen LogP contribution in [0.15, 0.2) is 83.5 Å². The topological polar surface area (TPSA) is 41.9 Å². The summed E-state index contributed by atoms with van der Waals surface area (Å²) >= 11 is 8.43. The molecule has 150 valence electrons. The van der Waals surface area contributed by atoms with Gasteiger partial charge in [0.05, 0.1) is 20.5 Å². The van der Waals surface area contributed by atoms with Crippen molar-refractivity contribution in [1.29, 1.82) is 0 Å². The van der Waals surface area contributed by atoms with Gasteiger partial charge in [-0.05, 0) is 71.5 Å². The highest BCUT2D eigenvalue weighted by Crippen LogP contribution is 2.28. The molecule has 1 amide bonds. The Labute approximate surface area is 194 Å². The van der Waals surface area contributed by atoms with Crippen LogP contribution < -0.4 is 9.75 Å². The summed E-state index contributed by atoms with van der Waals surface area (Å²) < 4.78 is 6.89. The van der Waals surface area contributed by atoms with Crippen LogP contribution in [0.25, 0.3) is 6.08 Å². The number of benzene rings is 3. The van der Waals surface area contributed by atoms with Crippen LogP contribution in [0.4, 0.5) is 5.69 Å². The minimum Gasteiger partial charge on any atom is -0.488 e.